The van der Waals surface area contributed by atoms with Gasteiger partial charge >= 0.3 is 0 Å². The Kier molecular flexibility index (Phi) is 4.84. The molecular weight excluding hydrogens is 306 g/mol. The average molecular weight is 327 g/mol. The second-order valence-corrected chi connectivity index (χ2v) is 7.56. The van der Waals surface area contributed by atoms with Gasteiger partial charge in [-0.1, -0.05) is 0 Å². The zero-order valence-electron chi connectivity index (χ0n) is 13.0. The number of rotatable bonds is 4. The van der Waals surface area contributed by atoms with E-state index in [4.69, 9.17) is 0 Å². The van der Waals surface area contributed by atoms with Crippen molar-refractivity contribution in [3.8, 4) is 0 Å². The van der Waals surface area contributed by atoms with Gasteiger partial charge in [-0.25, -0.2) is 8.42 Å². The number of aryl methyl sites for hydroxylation is 2. The predicted molar refractivity (Wildman–Crippen MR) is 83.4 cm³/mol. The highest BCUT2D eigenvalue weighted by atomic mass is 32.2. The quantitative estimate of drug-likeness (QED) is 0.669. The van der Waals surface area contributed by atoms with E-state index in [1.54, 1.807) is 19.9 Å². The zero-order chi connectivity index (χ0) is 16.5. The van der Waals surface area contributed by atoms with Gasteiger partial charge in [0.2, 0.25) is 10.0 Å². The Morgan fingerprint density at radius 2 is 2.00 bits per heavy atom. The van der Waals surface area contributed by atoms with Gasteiger partial charge in [0.25, 0.3) is 5.69 Å². The molecule has 1 aliphatic rings. The molecule has 1 aliphatic heterocycles. The first-order valence-corrected chi connectivity index (χ1v) is 8.64. The van der Waals surface area contributed by atoms with Gasteiger partial charge in [0.15, 0.2) is 0 Å². The molecule has 2 rings (SSSR count). The summed E-state index contributed by atoms with van der Waals surface area (Å²) < 4.78 is 27.1. The number of nitrogens with one attached hydrogen (secondary N) is 1. The van der Waals surface area contributed by atoms with Gasteiger partial charge in [-0.3, -0.25) is 10.1 Å². The third-order valence-electron chi connectivity index (χ3n) is 4.10. The molecule has 1 unspecified atom stereocenters. The number of nitrogens with zero attached hydrogens (tertiary/aromatic N) is 2. The summed E-state index contributed by atoms with van der Waals surface area (Å²) in [6.45, 7) is 4.12. The first kappa shape index (κ1) is 16.9. The molecule has 0 amide bonds. The van der Waals surface area contributed by atoms with E-state index < -0.39 is 14.9 Å². The largest absolute Gasteiger partial charge is 0.316 e. The first-order chi connectivity index (χ1) is 10.3. The number of sulfonamides is 1. The molecule has 0 aliphatic carbocycles. The van der Waals surface area contributed by atoms with Crippen LogP contribution in [-0.2, 0) is 10.0 Å². The molecule has 1 aromatic rings. The maximum Gasteiger partial charge on any atom is 0.273 e. The molecule has 0 saturated carbocycles. The van der Waals surface area contributed by atoms with Crippen LogP contribution in [0.1, 0.15) is 24.0 Å². The lowest BCUT2D eigenvalue weighted by Gasteiger charge is -2.32. The lowest BCUT2D eigenvalue weighted by molar-refractivity contribution is -0.385. The van der Waals surface area contributed by atoms with Crippen LogP contribution in [0.2, 0.25) is 0 Å². The van der Waals surface area contributed by atoms with Crippen LogP contribution in [0.15, 0.2) is 17.0 Å². The minimum atomic E-state index is -3.72. The fraction of sp³-hybridized carbons (Fsp3) is 0.571. The predicted octanol–water partition coefficient (Wildman–Crippen LogP) is 1.58. The highest BCUT2D eigenvalue weighted by molar-refractivity contribution is 7.89. The standard InChI is InChI=1S/C14H21N3O4S/c1-10-7-11(2)14(8-13(10)17(18)19)22(20,21)16-6-4-5-12(9-16)15-3/h7-8,12,15H,4-6,9H2,1-3H3. The van der Waals surface area contributed by atoms with Crippen LogP contribution < -0.4 is 5.32 Å². The van der Waals surface area contributed by atoms with E-state index >= 15 is 0 Å². The van der Waals surface area contributed by atoms with Gasteiger partial charge in [-0.05, 0) is 45.4 Å². The van der Waals surface area contributed by atoms with Gasteiger partial charge in [-0.2, -0.15) is 4.31 Å². The number of hydrogen-bond acceptors (Lipinski definition) is 5. The van der Waals surface area contributed by atoms with E-state index in [-0.39, 0.29) is 16.6 Å². The first-order valence-electron chi connectivity index (χ1n) is 7.20. The van der Waals surface area contributed by atoms with Crippen molar-refractivity contribution in [2.45, 2.75) is 37.6 Å². The maximum absolute atomic E-state index is 12.8. The van der Waals surface area contributed by atoms with Crippen molar-refractivity contribution in [1.29, 1.82) is 0 Å². The molecule has 1 atom stereocenters. The van der Waals surface area contributed by atoms with Crippen molar-refractivity contribution in [2.75, 3.05) is 20.1 Å². The van der Waals surface area contributed by atoms with Crippen molar-refractivity contribution in [1.82, 2.24) is 9.62 Å². The molecule has 0 aromatic heterocycles. The van der Waals surface area contributed by atoms with Crippen molar-refractivity contribution >= 4 is 15.7 Å². The van der Waals surface area contributed by atoms with Crippen LogP contribution in [-0.4, -0.2) is 43.8 Å². The Morgan fingerprint density at radius 1 is 1.32 bits per heavy atom. The van der Waals surface area contributed by atoms with E-state index in [0.717, 1.165) is 12.8 Å². The van der Waals surface area contributed by atoms with E-state index in [9.17, 15) is 18.5 Å². The summed E-state index contributed by atoms with van der Waals surface area (Å²) in [7, 11) is -1.91. The lowest BCUT2D eigenvalue weighted by atomic mass is 10.1. The second kappa shape index (κ2) is 6.31. The van der Waals surface area contributed by atoms with Crippen LogP contribution in [0.25, 0.3) is 0 Å². The zero-order valence-corrected chi connectivity index (χ0v) is 13.8. The molecule has 0 spiro atoms. The van der Waals surface area contributed by atoms with Crippen molar-refractivity contribution in [3.05, 3.63) is 33.4 Å². The fourth-order valence-corrected chi connectivity index (χ4v) is 4.58. The van der Waals surface area contributed by atoms with Gasteiger partial charge in [0.1, 0.15) is 0 Å². The molecule has 0 bridgehead atoms. The highest BCUT2D eigenvalue weighted by Gasteiger charge is 2.32. The Bertz CT molecular complexity index is 688. The minimum Gasteiger partial charge on any atom is -0.316 e. The summed E-state index contributed by atoms with van der Waals surface area (Å²) in [5.74, 6) is 0. The molecule has 1 saturated heterocycles. The lowest BCUT2D eigenvalue weighted by Crippen LogP contribution is -2.46. The molecule has 8 heteroatoms. The van der Waals surface area contributed by atoms with Crippen LogP contribution in [0, 0.1) is 24.0 Å². The highest BCUT2D eigenvalue weighted by Crippen LogP contribution is 2.29. The van der Waals surface area contributed by atoms with Crippen LogP contribution in [0.4, 0.5) is 5.69 Å². The van der Waals surface area contributed by atoms with Gasteiger partial charge in [0, 0.05) is 30.8 Å². The second-order valence-electron chi connectivity index (χ2n) is 5.65. The number of benzene rings is 1. The monoisotopic (exact) mass is 327 g/mol. The minimum absolute atomic E-state index is 0.0292. The Morgan fingerprint density at radius 3 is 2.59 bits per heavy atom. The topological polar surface area (TPSA) is 92.6 Å². The summed E-state index contributed by atoms with van der Waals surface area (Å²) in [5, 5.41) is 14.2. The molecule has 7 nitrogen and oxygen atoms in total. The molecular formula is C14H21N3O4S. The normalized spacial score (nSPS) is 20.0. The number of nitro groups is 1. The number of piperidine rings is 1. The third kappa shape index (κ3) is 3.13. The van der Waals surface area contributed by atoms with Crippen LogP contribution >= 0.6 is 0 Å². The molecule has 1 aromatic carbocycles. The van der Waals surface area contributed by atoms with E-state index in [1.165, 1.54) is 10.4 Å². The molecule has 122 valence electrons. The van der Waals surface area contributed by atoms with Crippen LogP contribution in [0.3, 0.4) is 0 Å². The van der Waals surface area contributed by atoms with E-state index in [2.05, 4.69) is 5.32 Å². The molecule has 1 N–H and O–H groups in total. The SMILES string of the molecule is CNC1CCCN(S(=O)(=O)c2cc([N+](=O)[O-])c(C)cc2C)C1. The fourth-order valence-electron chi connectivity index (χ4n) is 2.83. The molecule has 1 heterocycles. The summed E-state index contributed by atoms with van der Waals surface area (Å²) >= 11 is 0. The van der Waals surface area contributed by atoms with Crippen molar-refractivity contribution in [3.63, 3.8) is 0 Å². The van der Waals surface area contributed by atoms with E-state index in [0.29, 0.717) is 24.2 Å². The number of nitro benzene ring substituents is 1. The number of hydrogen-bond donors (Lipinski definition) is 1. The van der Waals surface area contributed by atoms with E-state index in [1.807, 2.05) is 7.05 Å². The molecule has 22 heavy (non-hydrogen) atoms. The van der Waals surface area contributed by atoms with Crippen molar-refractivity contribution in [2.24, 2.45) is 0 Å². The molecule has 1 fully saturated rings. The summed E-state index contributed by atoms with van der Waals surface area (Å²) in [5.41, 5.74) is 0.842. The Labute approximate surface area is 130 Å². The smallest absolute Gasteiger partial charge is 0.273 e. The maximum atomic E-state index is 12.8. The summed E-state index contributed by atoms with van der Waals surface area (Å²) in [6, 6.07) is 2.86. The van der Waals surface area contributed by atoms with Crippen LogP contribution in [0.5, 0.6) is 0 Å². The van der Waals surface area contributed by atoms with Gasteiger partial charge < -0.3 is 5.32 Å². The third-order valence-corrected chi connectivity index (χ3v) is 6.11. The average Bonchev–Trinajstić information content (AvgIpc) is 2.46. The number of likely N-dealkylation sites (N-methyl/N-ethyl adjacent to an activating group) is 1. The van der Waals surface area contributed by atoms with Gasteiger partial charge in [-0.15, -0.1) is 0 Å². The summed E-state index contributed by atoms with van der Waals surface area (Å²) in [4.78, 5) is 10.6. The Hall–Kier alpha value is -1.51. The summed E-state index contributed by atoms with van der Waals surface area (Å²) in [6.07, 6.45) is 1.70. The molecule has 0 radical (unpaired) electrons. The Balaban J connectivity index is 2.45. The van der Waals surface area contributed by atoms with Gasteiger partial charge in [0.05, 0.1) is 9.82 Å². The van der Waals surface area contributed by atoms with Crippen molar-refractivity contribution < 1.29 is 13.3 Å².